The van der Waals surface area contributed by atoms with Crippen molar-refractivity contribution in [3.8, 4) is 0 Å². The third kappa shape index (κ3) is 2.98. The molecule has 1 unspecified atom stereocenters. The molecule has 18 heavy (non-hydrogen) atoms. The Morgan fingerprint density at radius 1 is 1.39 bits per heavy atom. The summed E-state index contributed by atoms with van der Waals surface area (Å²) in [6, 6.07) is 7.56. The van der Waals surface area contributed by atoms with E-state index in [0.717, 1.165) is 6.42 Å². The fourth-order valence-electron chi connectivity index (χ4n) is 1.96. The molecule has 1 aromatic carbocycles. The van der Waals surface area contributed by atoms with Gasteiger partial charge in [0.15, 0.2) is 6.61 Å². The summed E-state index contributed by atoms with van der Waals surface area (Å²) in [5.41, 5.74) is 4.58. The lowest BCUT2D eigenvalue weighted by Gasteiger charge is -2.30. The zero-order chi connectivity index (χ0) is 13.0. The van der Waals surface area contributed by atoms with Crippen LogP contribution in [0.1, 0.15) is 17.0 Å². The first kappa shape index (κ1) is 12.4. The number of hydroxylamine groups is 1. The zero-order valence-corrected chi connectivity index (χ0v) is 9.68. The van der Waals surface area contributed by atoms with Gasteiger partial charge in [-0.3, -0.25) is 4.84 Å². The van der Waals surface area contributed by atoms with Crippen molar-refractivity contribution in [2.24, 2.45) is 0 Å². The summed E-state index contributed by atoms with van der Waals surface area (Å²) in [5, 5.41) is 10.9. The Bertz CT molecular complexity index is 461. The Labute approximate surface area is 104 Å². The third-order valence-electron chi connectivity index (χ3n) is 2.83. The van der Waals surface area contributed by atoms with Gasteiger partial charge in [0, 0.05) is 12.5 Å². The molecule has 1 aromatic rings. The second kappa shape index (κ2) is 5.50. The lowest BCUT2D eigenvalue weighted by Crippen LogP contribution is -2.40. The maximum Gasteiger partial charge on any atom is 0.338 e. The molecule has 0 saturated carbocycles. The minimum Gasteiger partial charge on any atom is -0.479 e. The van der Waals surface area contributed by atoms with E-state index in [1.165, 1.54) is 11.1 Å². The summed E-state index contributed by atoms with van der Waals surface area (Å²) in [5.74, 6) is -0.811. The molecule has 1 aliphatic carbocycles. The van der Waals surface area contributed by atoms with Crippen molar-refractivity contribution in [2.75, 3.05) is 13.2 Å². The molecule has 96 valence electrons. The van der Waals surface area contributed by atoms with Crippen LogP contribution in [0.15, 0.2) is 24.3 Å². The molecule has 0 spiro atoms. The average Bonchev–Trinajstić information content (AvgIpc) is 2.30. The summed E-state index contributed by atoms with van der Waals surface area (Å²) >= 11 is 0. The molecular formula is C12H14N2O4. The summed E-state index contributed by atoms with van der Waals surface area (Å²) in [6.45, 7) is -0.0427. The number of carboxylic acid groups (broad SMARTS) is 1. The Balaban J connectivity index is 1.67. The van der Waals surface area contributed by atoms with Crippen molar-refractivity contribution < 1.29 is 19.5 Å². The zero-order valence-electron chi connectivity index (χ0n) is 9.68. The number of fused-ring (bicyclic) bond motifs is 1. The predicted octanol–water partition coefficient (Wildman–Crippen LogP) is 0.642. The van der Waals surface area contributed by atoms with Gasteiger partial charge in [0.2, 0.25) is 0 Å². The highest BCUT2D eigenvalue weighted by Gasteiger charge is 2.25. The highest BCUT2D eigenvalue weighted by Crippen LogP contribution is 2.33. The molecule has 0 fully saturated rings. The monoisotopic (exact) mass is 250 g/mol. The van der Waals surface area contributed by atoms with E-state index >= 15 is 0 Å². The van der Waals surface area contributed by atoms with E-state index in [1.807, 2.05) is 23.7 Å². The van der Waals surface area contributed by atoms with Crippen molar-refractivity contribution in [1.82, 2.24) is 10.8 Å². The quantitative estimate of drug-likeness (QED) is 0.669. The summed E-state index contributed by atoms with van der Waals surface area (Å²) in [6.07, 6.45) is 0.951. The molecule has 0 aromatic heterocycles. The van der Waals surface area contributed by atoms with Gasteiger partial charge in [-0.15, -0.1) is 0 Å². The summed E-state index contributed by atoms with van der Waals surface area (Å²) in [7, 11) is 0. The van der Waals surface area contributed by atoms with Crippen LogP contribution in [0.4, 0.5) is 4.79 Å². The van der Waals surface area contributed by atoms with Crippen molar-refractivity contribution in [3.63, 3.8) is 0 Å². The van der Waals surface area contributed by atoms with Crippen LogP contribution in [0, 0.1) is 0 Å². The van der Waals surface area contributed by atoms with Crippen LogP contribution in [0.3, 0.4) is 0 Å². The molecule has 0 aliphatic heterocycles. The SMILES string of the molecule is O=C(O)CONC(=O)NCC1Cc2ccccc21. The highest BCUT2D eigenvalue weighted by molar-refractivity contribution is 5.73. The molecule has 0 saturated heterocycles. The Hall–Kier alpha value is -2.08. The van der Waals surface area contributed by atoms with Crippen molar-refractivity contribution in [2.45, 2.75) is 12.3 Å². The number of carbonyl (C=O) groups is 2. The first-order chi connectivity index (χ1) is 8.66. The number of hydrogen-bond acceptors (Lipinski definition) is 3. The third-order valence-corrected chi connectivity index (χ3v) is 2.83. The molecule has 2 rings (SSSR count). The normalized spacial score (nSPS) is 16.3. The Morgan fingerprint density at radius 2 is 2.17 bits per heavy atom. The average molecular weight is 250 g/mol. The highest BCUT2D eigenvalue weighted by atomic mass is 16.7. The molecule has 0 heterocycles. The number of rotatable bonds is 5. The largest absolute Gasteiger partial charge is 0.479 e. The number of carbonyl (C=O) groups excluding carboxylic acids is 1. The second-order valence-electron chi connectivity index (χ2n) is 4.09. The van der Waals surface area contributed by atoms with Gasteiger partial charge in [0.25, 0.3) is 0 Å². The van der Waals surface area contributed by atoms with Crippen molar-refractivity contribution in [3.05, 3.63) is 35.4 Å². The van der Waals surface area contributed by atoms with Crippen LogP contribution in [-0.2, 0) is 16.1 Å². The summed E-state index contributed by atoms with van der Waals surface area (Å²) in [4.78, 5) is 25.8. The van der Waals surface area contributed by atoms with Gasteiger partial charge in [0.05, 0.1) is 0 Å². The topological polar surface area (TPSA) is 87.7 Å². The molecule has 0 radical (unpaired) electrons. The maximum atomic E-state index is 11.2. The van der Waals surface area contributed by atoms with Crippen LogP contribution >= 0.6 is 0 Å². The van der Waals surface area contributed by atoms with E-state index in [9.17, 15) is 9.59 Å². The van der Waals surface area contributed by atoms with Crippen molar-refractivity contribution in [1.29, 1.82) is 0 Å². The molecule has 1 aliphatic rings. The van der Waals surface area contributed by atoms with Crippen LogP contribution in [0.5, 0.6) is 0 Å². The van der Waals surface area contributed by atoms with Gasteiger partial charge >= 0.3 is 12.0 Å². The lowest BCUT2D eigenvalue weighted by molar-refractivity contribution is -0.144. The predicted molar refractivity (Wildman–Crippen MR) is 63.0 cm³/mol. The second-order valence-corrected chi connectivity index (χ2v) is 4.09. The number of hydrogen-bond donors (Lipinski definition) is 3. The minimum atomic E-state index is -1.14. The van der Waals surface area contributed by atoms with E-state index < -0.39 is 18.6 Å². The van der Waals surface area contributed by atoms with Gasteiger partial charge in [-0.1, -0.05) is 24.3 Å². The fraction of sp³-hybridized carbons (Fsp3) is 0.333. The number of benzene rings is 1. The molecule has 6 nitrogen and oxygen atoms in total. The van der Waals surface area contributed by atoms with Crippen LogP contribution in [0.2, 0.25) is 0 Å². The fourth-order valence-corrected chi connectivity index (χ4v) is 1.96. The number of urea groups is 1. The lowest BCUT2D eigenvalue weighted by atomic mass is 9.78. The van der Waals surface area contributed by atoms with E-state index in [-0.39, 0.29) is 0 Å². The molecule has 2 amide bonds. The van der Waals surface area contributed by atoms with Gasteiger partial charge in [-0.05, 0) is 17.5 Å². The molecule has 1 atom stereocenters. The van der Waals surface area contributed by atoms with E-state index in [2.05, 4.69) is 16.2 Å². The van der Waals surface area contributed by atoms with Gasteiger partial charge < -0.3 is 10.4 Å². The Kier molecular flexibility index (Phi) is 3.78. The van der Waals surface area contributed by atoms with Crippen molar-refractivity contribution >= 4 is 12.0 Å². The summed E-state index contributed by atoms with van der Waals surface area (Å²) < 4.78 is 0. The van der Waals surface area contributed by atoms with E-state index in [0.29, 0.717) is 12.5 Å². The van der Waals surface area contributed by atoms with Gasteiger partial charge in [-0.2, -0.15) is 0 Å². The van der Waals surface area contributed by atoms with Crippen LogP contribution < -0.4 is 10.8 Å². The van der Waals surface area contributed by atoms with Gasteiger partial charge in [0.1, 0.15) is 0 Å². The standard InChI is InChI=1S/C12H14N2O4/c15-11(16)7-18-14-12(17)13-6-9-5-8-3-1-2-4-10(8)9/h1-4,9H,5-7H2,(H,15,16)(H2,13,14,17). The number of aliphatic carboxylic acids is 1. The smallest absolute Gasteiger partial charge is 0.338 e. The van der Waals surface area contributed by atoms with Crippen LogP contribution in [-0.4, -0.2) is 30.3 Å². The van der Waals surface area contributed by atoms with Gasteiger partial charge in [-0.25, -0.2) is 15.1 Å². The maximum absolute atomic E-state index is 11.2. The first-order valence-electron chi connectivity index (χ1n) is 5.62. The molecule has 6 heteroatoms. The molecule has 0 bridgehead atoms. The first-order valence-corrected chi connectivity index (χ1v) is 5.62. The van der Waals surface area contributed by atoms with E-state index in [1.54, 1.807) is 0 Å². The number of amides is 2. The number of carboxylic acids is 1. The number of nitrogens with one attached hydrogen (secondary N) is 2. The molecule has 3 N–H and O–H groups in total. The van der Waals surface area contributed by atoms with E-state index in [4.69, 9.17) is 5.11 Å². The Morgan fingerprint density at radius 3 is 2.89 bits per heavy atom. The van der Waals surface area contributed by atoms with Crippen LogP contribution in [0.25, 0.3) is 0 Å². The molecular weight excluding hydrogens is 236 g/mol. The minimum absolute atomic E-state index is 0.325.